The molecular formula is C30H48N4O5. The molecule has 0 aromatic rings. The lowest BCUT2D eigenvalue weighted by Crippen LogP contribution is -2.59. The van der Waals surface area contributed by atoms with Gasteiger partial charge in [0.1, 0.15) is 12.1 Å². The van der Waals surface area contributed by atoms with Crippen molar-refractivity contribution in [2.24, 2.45) is 29.1 Å². The van der Waals surface area contributed by atoms with Crippen molar-refractivity contribution in [1.82, 2.24) is 20.9 Å². The van der Waals surface area contributed by atoms with Gasteiger partial charge in [0.2, 0.25) is 23.5 Å². The van der Waals surface area contributed by atoms with E-state index in [2.05, 4.69) is 36.4 Å². The summed E-state index contributed by atoms with van der Waals surface area (Å²) in [6.45, 7) is 14.3. The van der Waals surface area contributed by atoms with E-state index in [-0.39, 0.29) is 47.4 Å². The van der Waals surface area contributed by atoms with Gasteiger partial charge in [0.05, 0.1) is 6.04 Å². The molecule has 9 heteroatoms. The van der Waals surface area contributed by atoms with Crippen molar-refractivity contribution in [3.05, 3.63) is 12.7 Å². The molecule has 0 aromatic heterocycles. The smallest absolute Gasteiger partial charge is 0.289 e. The lowest BCUT2D eigenvalue weighted by atomic mass is 9.93. The molecule has 218 valence electrons. The Kier molecular flexibility index (Phi) is 10.4. The van der Waals surface area contributed by atoms with Crippen LogP contribution in [0.25, 0.3) is 0 Å². The summed E-state index contributed by atoms with van der Waals surface area (Å²) < 4.78 is 0. The molecule has 1 aliphatic heterocycles. The summed E-state index contributed by atoms with van der Waals surface area (Å²) in [6.07, 6.45) is 7.43. The zero-order valence-corrected chi connectivity index (χ0v) is 24.4. The average molecular weight is 545 g/mol. The summed E-state index contributed by atoms with van der Waals surface area (Å²) in [4.78, 5) is 67.6. The number of nitrogens with zero attached hydrogens (tertiary/aromatic N) is 1. The summed E-state index contributed by atoms with van der Waals surface area (Å²) in [5.41, 5.74) is -0.104. The minimum atomic E-state index is -0.967. The third-order valence-corrected chi connectivity index (χ3v) is 9.29. The van der Waals surface area contributed by atoms with Crippen LogP contribution in [-0.2, 0) is 24.0 Å². The minimum Gasteiger partial charge on any atom is -0.346 e. The number of carbonyl (C=O) groups is 5. The average Bonchev–Trinajstić information content (AvgIpc) is 3.36. The fraction of sp³-hybridized carbons (Fsp3) is 0.767. The standard InChI is InChI=1S/C30H48N4O5/c1-7-12-21(26(36)28(38)31-15-8-2)32-27(37)25-23-20(30(23,5)6)17-34(25)29(39)24(19-13-10-11-14-19)33-22(35)16-18(4)9-3/h8,18-21,23-25H,2,7,9-17H2,1,3-6H3,(H,31,38)(H,32,37)(H,33,35)/t18?,20-,21?,23-,24+,25+/m1/s1. The van der Waals surface area contributed by atoms with E-state index in [0.29, 0.717) is 25.8 Å². The maximum Gasteiger partial charge on any atom is 0.289 e. The van der Waals surface area contributed by atoms with Crippen molar-refractivity contribution in [2.45, 2.75) is 104 Å². The molecule has 39 heavy (non-hydrogen) atoms. The van der Waals surface area contributed by atoms with Gasteiger partial charge in [-0.1, -0.05) is 66.4 Å². The van der Waals surface area contributed by atoms with Crippen molar-refractivity contribution in [2.75, 3.05) is 13.1 Å². The number of hydrogen-bond acceptors (Lipinski definition) is 5. The maximum absolute atomic E-state index is 14.1. The lowest BCUT2D eigenvalue weighted by molar-refractivity contribution is -0.145. The molecule has 2 unspecified atom stereocenters. The molecule has 0 bridgehead atoms. The number of nitrogens with one attached hydrogen (secondary N) is 3. The zero-order chi connectivity index (χ0) is 28.9. The predicted octanol–water partition coefficient (Wildman–Crippen LogP) is 2.74. The number of carbonyl (C=O) groups excluding carboxylic acids is 5. The van der Waals surface area contributed by atoms with Gasteiger partial charge in [0.15, 0.2) is 0 Å². The molecule has 3 rings (SSSR count). The van der Waals surface area contributed by atoms with Crippen molar-refractivity contribution in [1.29, 1.82) is 0 Å². The molecule has 3 fully saturated rings. The predicted molar refractivity (Wildman–Crippen MR) is 149 cm³/mol. The Balaban J connectivity index is 1.81. The normalized spacial score (nSPS) is 25.7. The lowest BCUT2D eigenvalue weighted by Gasteiger charge is -2.35. The SMILES string of the molecule is C=CCNC(=O)C(=O)C(CCC)NC(=O)[C@@H]1[C@H]2[C@@H](CN1C(=O)[C@@H](NC(=O)CC(C)CC)C1CCCC1)C2(C)C. The minimum absolute atomic E-state index is 0.0338. The Bertz CT molecular complexity index is 957. The van der Waals surface area contributed by atoms with Crippen LogP contribution in [0.3, 0.4) is 0 Å². The highest BCUT2D eigenvalue weighted by molar-refractivity contribution is 6.38. The van der Waals surface area contributed by atoms with E-state index < -0.39 is 35.7 Å². The molecule has 2 aliphatic carbocycles. The number of hydrogen-bond donors (Lipinski definition) is 3. The van der Waals surface area contributed by atoms with Gasteiger partial charge in [-0.25, -0.2) is 0 Å². The van der Waals surface area contributed by atoms with Crippen LogP contribution in [0.15, 0.2) is 12.7 Å². The molecule has 6 atom stereocenters. The molecular weight excluding hydrogens is 496 g/mol. The number of amides is 4. The van der Waals surface area contributed by atoms with Gasteiger partial charge in [-0.05, 0) is 48.3 Å². The first-order chi connectivity index (χ1) is 18.5. The van der Waals surface area contributed by atoms with Gasteiger partial charge in [-0.2, -0.15) is 0 Å². The summed E-state index contributed by atoms with van der Waals surface area (Å²) in [5, 5.41) is 8.36. The number of fused-ring (bicyclic) bond motifs is 1. The van der Waals surface area contributed by atoms with Crippen LogP contribution in [-0.4, -0.2) is 65.5 Å². The van der Waals surface area contributed by atoms with Gasteiger partial charge in [-0.15, -0.1) is 6.58 Å². The molecule has 1 heterocycles. The number of piperidine rings is 1. The highest BCUT2D eigenvalue weighted by atomic mass is 16.2. The summed E-state index contributed by atoms with van der Waals surface area (Å²) in [6, 6.07) is -2.36. The second-order valence-corrected chi connectivity index (χ2v) is 12.4. The fourth-order valence-corrected chi connectivity index (χ4v) is 6.58. The summed E-state index contributed by atoms with van der Waals surface area (Å²) in [5.74, 6) is -1.78. The van der Waals surface area contributed by atoms with Crippen LogP contribution in [0.1, 0.15) is 86.0 Å². The molecule has 0 aromatic carbocycles. The Labute approximate surface area is 233 Å². The zero-order valence-electron chi connectivity index (χ0n) is 24.4. The van der Waals surface area contributed by atoms with E-state index in [1.807, 2.05) is 20.8 Å². The molecule has 3 N–H and O–H groups in total. The number of Topliss-reactive ketones (excluding diaryl/α,β-unsaturated/α-hetero) is 1. The van der Waals surface area contributed by atoms with Gasteiger partial charge in [-0.3, -0.25) is 24.0 Å². The third kappa shape index (κ3) is 6.90. The van der Waals surface area contributed by atoms with Crippen LogP contribution in [0, 0.1) is 29.1 Å². The molecule has 0 radical (unpaired) electrons. The van der Waals surface area contributed by atoms with E-state index in [1.54, 1.807) is 4.90 Å². The molecule has 1 saturated heterocycles. The largest absolute Gasteiger partial charge is 0.346 e. The van der Waals surface area contributed by atoms with Crippen molar-refractivity contribution >= 4 is 29.4 Å². The fourth-order valence-electron chi connectivity index (χ4n) is 6.58. The monoisotopic (exact) mass is 544 g/mol. The molecule has 0 spiro atoms. The molecule has 3 aliphatic rings. The second kappa shape index (κ2) is 13.1. The highest BCUT2D eigenvalue weighted by Crippen LogP contribution is 2.65. The van der Waals surface area contributed by atoms with Crippen LogP contribution < -0.4 is 16.0 Å². The first-order valence-electron chi connectivity index (χ1n) is 14.8. The van der Waals surface area contributed by atoms with Crippen molar-refractivity contribution < 1.29 is 24.0 Å². The van der Waals surface area contributed by atoms with Crippen LogP contribution >= 0.6 is 0 Å². The first kappa shape index (κ1) is 30.8. The molecule has 4 amide bonds. The van der Waals surface area contributed by atoms with Gasteiger partial charge in [0, 0.05) is 19.5 Å². The Morgan fingerprint density at radius 2 is 1.74 bits per heavy atom. The first-order valence-corrected chi connectivity index (χ1v) is 14.8. The number of likely N-dealkylation sites (tertiary alicyclic amines) is 1. The number of rotatable bonds is 14. The van der Waals surface area contributed by atoms with Gasteiger partial charge in [0.25, 0.3) is 5.91 Å². The second-order valence-electron chi connectivity index (χ2n) is 12.4. The Morgan fingerprint density at radius 3 is 2.33 bits per heavy atom. The van der Waals surface area contributed by atoms with E-state index in [0.717, 1.165) is 32.1 Å². The van der Waals surface area contributed by atoms with E-state index in [1.165, 1.54) is 6.08 Å². The van der Waals surface area contributed by atoms with E-state index >= 15 is 0 Å². The molecule has 9 nitrogen and oxygen atoms in total. The van der Waals surface area contributed by atoms with Crippen molar-refractivity contribution in [3.63, 3.8) is 0 Å². The van der Waals surface area contributed by atoms with Gasteiger partial charge < -0.3 is 20.9 Å². The third-order valence-electron chi connectivity index (χ3n) is 9.29. The van der Waals surface area contributed by atoms with Crippen LogP contribution in [0.5, 0.6) is 0 Å². The topological polar surface area (TPSA) is 125 Å². The summed E-state index contributed by atoms with van der Waals surface area (Å²) >= 11 is 0. The quantitative estimate of drug-likeness (QED) is 0.229. The van der Waals surface area contributed by atoms with Gasteiger partial charge >= 0.3 is 0 Å². The van der Waals surface area contributed by atoms with E-state index in [4.69, 9.17) is 0 Å². The highest BCUT2D eigenvalue weighted by Gasteiger charge is 2.69. The maximum atomic E-state index is 14.1. The Hall–Kier alpha value is -2.71. The van der Waals surface area contributed by atoms with E-state index in [9.17, 15) is 24.0 Å². The van der Waals surface area contributed by atoms with Crippen LogP contribution in [0.4, 0.5) is 0 Å². The number of ketones is 1. The van der Waals surface area contributed by atoms with Crippen LogP contribution in [0.2, 0.25) is 0 Å². The Morgan fingerprint density at radius 1 is 1.08 bits per heavy atom. The van der Waals surface area contributed by atoms with Crippen molar-refractivity contribution in [3.8, 4) is 0 Å². The molecule has 2 saturated carbocycles. The summed E-state index contributed by atoms with van der Waals surface area (Å²) in [7, 11) is 0.